The molecule has 150 valence electrons. The molecule has 1 amide bonds. The molecule has 2 aliphatic carbocycles. The van der Waals surface area contributed by atoms with Gasteiger partial charge in [0, 0.05) is 12.0 Å². The number of nitrogens with one attached hydrogen (secondary N) is 1. The SMILES string of the molecule is Cl.NCC1CCCC1NC(=O)C1CC1c1ccc(OCc2ccccc2)cc1. The second kappa shape index (κ2) is 9.44. The Kier molecular flexibility index (Phi) is 6.97. The number of hydrogen-bond acceptors (Lipinski definition) is 3. The molecule has 4 atom stereocenters. The zero-order chi connectivity index (χ0) is 18.6. The van der Waals surface area contributed by atoms with E-state index in [-0.39, 0.29) is 30.3 Å². The molecule has 4 unspecified atom stereocenters. The largest absolute Gasteiger partial charge is 0.489 e. The summed E-state index contributed by atoms with van der Waals surface area (Å²) in [6, 6.07) is 18.6. The van der Waals surface area contributed by atoms with Gasteiger partial charge in [-0.05, 0) is 60.9 Å². The highest BCUT2D eigenvalue weighted by Crippen LogP contribution is 2.48. The summed E-state index contributed by atoms with van der Waals surface area (Å²) < 4.78 is 5.84. The van der Waals surface area contributed by atoms with Crippen molar-refractivity contribution in [1.82, 2.24) is 5.32 Å². The van der Waals surface area contributed by atoms with Crippen molar-refractivity contribution < 1.29 is 9.53 Å². The molecule has 5 heteroatoms. The van der Waals surface area contributed by atoms with Crippen molar-refractivity contribution in [1.29, 1.82) is 0 Å². The highest BCUT2D eigenvalue weighted by Gasteiger charge is 2.45. The van der Waals surface area contributed by atoms with E-state index in [9.17, 15) is 4.79 Å². The van der Waals surface area contributed by atoms with E-state index in [0.717, 1.165) is 30.6 Å². The highest BCUT2D eigenvalue weighted by atomic mass is 35.5. The van der Waals surface area contributed by atoms with Gasteiger partial charge < -0.3 is 15.8 Å². The molecule has 2 aliphatic rings. The standard InChI is InChI=1S/C23H28N2O2.ClH/c24-14-18-7-4-8-22(18)25-23(26)21-13-20(21)17-9-11-19(12-10-17)27-15-16-5-2-1-3-6-16;/h1-3,5-6,9-12,18,20-22H,4,7-8,13-15,24H2,(H,25,26);1H. The lowest BCUT2D eigenvalue weighted by Crippen LogP contribution is -2.40. The summed E-state index contributed by atoms with van der Waals surface area (Å²) in [7, 11) is 0. The van der Waals surface area contributed by atoms with Gasteiger partial charge in [-0.15, -0.1) is 12.4 Å². The molecule has 4 rings (SSSR count). The first-order valence-corrected chi connectivity index (χ1v) is 10.0. The predicted octanol–water partition coefficient (Wildman–Crippen LogP) is 4.03. The summed E-state index contributed by atoms with van der Waals surface area (Å²) >= 11 is 0. The molecule has 0 aliphatic heterocycles. The summed E-state index contributed by atoms with van der Waals surface area (Å²) in [5, 5.41) is 3.25. The van der Waals surface area contributed by atoms with Crippen LogP contribution in [0.25, 0.3) is 0 Å². The van der Waals surface area contributed by atoms with Crippen molar-refractivity contribution in [3.8, 4) is 5.75 Å². The van der Waals surface area contributed by atoms with Gasteiger partial charge in [0.05, 0.1) is 0 Å². The van der Waals surface area contributed by atoms with Crippen molar-refractivity contribution in [2.75, 3.05) is 6.54 Å². The van der Waals surface area contributed by atoms with Crippen molar-refractivity contribution in [2.45, 2.75) is 44.2 Å². The summed E-state index contributed by atoms with van der Waals surface area (Å²) in [6.45, 7) is 1.24. The highest BCUT2D eigenvalue weighted by molar-refractivity contribution is 5.85. The zero-order valence-electron chi connectivity index (χ0n) is 16.1. The van der Waals surface area contributed by atoms with Gasteiger partial charge >= 0.3 is 0 Å². The minimum absolute atomic E-state index is 0. The third kappa shape index (κ3) is 4.86. The molecule has 28 heavy (non-hydrogen) atoms. The molecule has 2 aromatic rings. The number of ether oxygens (including phenoxy) is 1. The molecule has 4 nitrogen and oxygen atoms in total. The molecule has 2 aromatic carbocycles. The zero-order valence-corrected chi connectivity index (χ0v) is 16.9. The van der Waals surface area contributed by atoms with Crippen molar-refractivity contribution in [3.63, 3.8) is 0 Å². The summed E-state index contributed by atoms with van der Waals surface area (Å²) in [5.41, 5.74) is 8.20. The fraction of sp³-hybridized carbons (Fsp3) is 0.435. The molecule has 3 N–H and O–H groups in total. The Morgan fingerprint density at radius 2 is 1.82 bits per heavy atom. The van der Waals surface area contributed by atoms with Crippen LogP contribution in [0.15, 0.2) is 54.6 Å². The molecule has 0 saturated heterocycles. The number of nitrogens with two attached hydrogens (primary N) is 1. The van der Waals surface area contributed by atoms with E-state index < -0.39 is 0 Å². The van der Waals surface area contributed by atoms with Crippen LogP contribution in [-0.2, 0) is 11.4 Å². The van der Waals surface area contributed by atoms with E-state index >= 15 is 0 Å². The average Bonchev–Trinajstić information content (AvgIpc) is 3.40. The quantitative estimate of drug-likeness (QED) is 0.737. The lowest BCUT2D eigenvalue weighted by molar-refractivity contribution is -0.123. The second-order valence-electron chi connectivity index (χ2n) is 7.83. The van der Waals surface area contributed by atoms with Crippen molar-refractivity contribution in [3.05, 3.63) is 65.7 Å². The molecule has 0 radical (unpaired) electrons. The van der Waals surface area contributed by atoms with E-state index in [1.807, 2.05) is 30.3 Å². The molecular formula is C23H29ClN2O2. The lowest BCUT2D eigenvalue weighted by atomic mass is 10.0. The Hall–Kier alpha value is -2.04. The van der Waals surface area contributed by atoms with Crippen LogP contribution in [0.3, 0.4) is 0 Å². The number of rotatable bonds is 7. The van der Waals surface area contributed by atoms with Crippen LogP contribution >= 0.6 is 12.4 Å². The van der Waals surface area contributed by atoms with Gasteiger partial charge in [-0.25, -0.2) is 0 Å². The molecule has 0 heterocycles. The monoisotopic (exact) mass is 400 g/mol. The third-order valence-corrected chi connectivity index (χ3v) is 5.97. The maximum absolute atomic E-state index is 12.6. The van der Waals surface area contributed by atoms with Crippen LogP contribution in [0, 0.1) is 11.8 Å². The van der Waals surface area contributed by atoms with Crippen LogP contribution in [0.2, 0.25) is 0 Å². The van der Waals surface area contributed by atoms with E-state index in [2.05, 4.69) is 29.6 Å². The smallest absolute Gasteiger partial charge is 0.223 e. The molecule has 0 spiro atoms. The summed E-state index contributed by atoms with van der Waals surface area (Å²) in [4.78, 5) is 12.6. The molecule has 2 saturated carbocycles. The summed E-state index contributed by atoms with van der Waals surface area (Å²) in [5.74, 6) is 1.97. The van der Waals surface area contributed by atoms with Crippen LogP contribution in [0.4, 0.5) is 0 Å². The Morgan fingerprint density at radius 1 is 1.07 bits per heavy atom. The van der Waals surface area contributed by atoms with Gasteiger partial charge in [-0.3, -0.25) is 4.79 Å². The molecule has 0 bridgehead atoms. The number of carbonyl (C=O) groups excluding carboxylic acids is 1. The Morgan fingerprint density at radius 3 is 2.54 bits per heavy atom. The average molecular weight is 401 g/mol. The topological polar surface area (TPSA) is 64.3 Å². The Balaban J connectivity index is 0.00000225. The molecular weight excluding hydrogens is 372 g/mol. The number of halogens is 1. The van der Waals surface area contributed by atoms with Gasteiger partial charge in [0.1, 0.15) is 12.4 Å². The third-order valence-electron chi connectivity index (χ3n) is 5.97. The first-order valence-electron chi connectivity index (χ1n) is 10.0. The van der Waals surface area contributed by atoms with Gasteiger partial charge in [-0.1, -0.05) is 48.9 Å². The van der Waals surface area contributed by atoms with Crippen LogP contribution in [0.5, 0.6) is 5.75 Å². The number of carbonyl (C=O) groups is 1. The van der Waals surface area contributed by atoms with E-state index in [4.69, 9.17) is 10.5 Å². The number of amides is 1. The number of hydrogen-bond donors (Lipinski definition) is 2. The van der Waals surface area contributed by atoms with E-state index in [0.29, 0.717) is 25.0 Å². The van der Waals surface area contributed by atoms with Crippen molar-refractivity contribution >= 4 is 18.3 Å². The second-order valence-corrected chi connectivity index (χ2v) is 7.83. The first kappa shape index (κ1) is 20.7. The minimum atomic E-state index is 0. The normalized spacial score (nSPS) is 25.6. The van der Waals surface area contributed by atoms with Crippen LogP contribution < -0.4 is 15.8 Å². The van der Waals surface area contributed by atoms with E-state index in [1.54, 1.807) is 0 Å². The van der Waals surface area contributed by atoms with Gasteiger partial charge in [-0.2, -0.15) is 0 Å². The fourth-order valence-electron chi connectivity index (χ4n) is 4.20. The fourth-order valence-corrected chi connectivity index (χ4v) is 4.20. The lowest BCUT2D eigenvalue weighted by Gasteiger charge is -2.19. The maximum atomic E-state index is 12.6. The van der Waals surface area contributed by atoms with Gasteiger partial charge in [0.25, 0.3) is 0 Å². The molecule has 0 aromatic heterocycles. The first-order chi connectivity index (χ1) is 13.2. The van der Waals surface area contributed by atoms with Crippen LogP contribution in [-0.4, -0.2) is 18.5 Å². The van der Waals surface area contributed by atoms with Crippen LogP contribution in [0.1, 0.15) is 42.7 Å². The predicted molar refractivity (Wildman–Crippen MR) is 114 cm³/mol. The molecule has 2 fully saturated rings. The summed E-state index contributed by atoms with van der Waals surface area (Å²) in [6.07, 6.45) is 4.32. The van der Waals surface area contributed by atoms with Gasteiger partial charge in [0.2, 0.25) is 5.91 Å². The van der Waals surface area contributed by atoms with Gasteiger partial charge in [0.15, 0.2) is 0 Å². The Bertz CT molecular complexity index is 766. The maximum Gasteiger partial charge on any atom is 0.223 e. The number of benzene rings is 2. The Labute approximate surface area is 173 Å². The van der Waals surface area contributed by atoms with Crippen molar-refractivity contribution in [2.24, 2.45) is 17.6 Å². The minimum Gasteiger partial charge on any atom is -0.489 e. The van der Waals surface area contributed by atoms with E-state index in [1.165, 1.54) is 12.0 Å².